The Bertz CT molecular complexity index is 508. The van der Waals surface area contributed by atoms with Crippen LogP contribution in [0.5, 0.6) is 0 Å². The van der Waals surface area contributed by atoms with Crippen molar-refractivity contribution in [2.75, 3.05) is 11.9 Å². The Labute approximate surface area is 146 Å². The first-order chi connectivity index (χ1) is 11.4. The lowest BCUT2D eigenvalue weighted by Crippen LogP contribution is -2.42. The Balaban J connectivity index is 1.91. The lowest BCUT2D eigenvalue weighted by atomic mass is 9.86. The summed E-state index contributed by atoms with van der Waals surface area (Å²) in [4.78, 5) is 14.6. The van der Waals surface area contributed by atoms with Gasteiger partial charge in [-0.1, -0.05) is 0 Å². The van der Waals surface area contributed by atoms with Crippen LogP contribution >= 0.6 is 0 Å². The van der Waals surface area contributed by atoms with Crippen LogP contribution in [-0.2, 0) is 0 Å². The van der Waals surface area contributed by atoms with E-state index in [1.165, 1.54) is 12.8 Å². The second-order valence-electron chi connectivity index (χ2n) is 7.64. The van der Waals surface area contributed by atoms with E-state index >= 15 is 0 Å². The lowest BCUT2D eigenvalue weighted by Gasteiger charge is -2.31. The third-order valence-corrected chi connectivity index (χ3v) is 4.97. The van der Waals surface area contributed by atoms with Gasteiger partial charge in [-0.15, -0.1) is 0 Å². The first kappa shape index (κ1) is 18.8. The normalized spacial score (nSPS) is 21.1. The van der Waals surface area contributed by atoms with Gasteiger partial charge in [-0.05, 0) is 83.6 Å². The fraction of sp³-hybridized carbons (Fsp3) is 0.650. The van der Waals surface area contributed by atoms with Gasteiger partial charge in [0.2, 0.25) is 0 Å². The molecule has 0 heterocycles. The molecule has 1 amide bonds. The highest BCUT2D eigenvalue weighted by Crippen LogP contribution is 2.24. The van der Waals surface area contributed by atoms with Gasteiger partial charge in [-0.25, -0.2) is 0 Å². The van der Waals surface area contributed by atoms with Crippen LogP contribution in [0.3, 0.4) is 0 Å². The van der Waals surface area contributed by atoms with Crippen molar-refractivity contribution < 1.29 is 4.79 Å². The number of anilines is 1. The number of nitrogens with one attached hydrogen (secondary N) is 1. The van der Waals surface area contributed by atoms with Crippen LogP contribution in [0.4, 0.5) is 5.69 Å². The first-order valence-corrected chi connectivity index (χ1v) is 9.30. The topological polar surface area (TPSA) is 58.4 Å². The van der Waals surface area contributed by atoms with Crippen molar-refractivity contribution in [1.29, 1.82) is 0 Å². The molecule has 4 nitrogen and oxygen atoms in total. The molecule has 1 fully saturated rings. The van der Waals surface area contributed by atoms with E-state index in [0.717, 1.165) is 30.6 Å². The van der Waals surface area contributed by atoms with Crippen molar-refractivity contribution in [3.8, 4) is 0 Å². The summed E-state index contributed by atoms with van der Waals surface area (Å²) >= 11 is 0. The van der Waals surface area contributed by atoms with E-state index in [1.807, 2.05) is 29.2 Å². The number of carbonyl (C=O) groups is 1. The quantitative estimate of drug-likeness (QED) is 0.832. The Morgan fingerprint density at radius 3 is 2.12 bits per heavy atom. The second kappa shape index (κ2) is 8.52. The maximum absolute atomic E-state index is 12.7. The van der Waals surface area contributed by atoms with Gasteiger partial charge >= 0.3 is 0 Å². The Morgan fingerprint density at radius 2 is 1.62 bits per heavy atom. The molecule has 0 aromatic heterocycles. The number of nitrogens with two attached hydrogens (primary N) is 1. The van der Waals surface area contributed by atoms with Crippen molar-refractivity contribution in [2.45, 2.75) is 71.5 Å². The van der Waals surface area contributed by atoms with Crippen molar-refractivity contribution in [1.82, 2.24) is 4.90 Å². The van der Waals surface area contributed by atoms with Gasteiger partial charge in [0.25, 0.3) is 5.91 Å². The molecule has 0 radical (unpaired) electrons. The molecule has 0 saturated heterocycles. The van der Waals surface area contributed by atoms with E-state index in [1.54, 1.807) is 0 Å². The molecule has 1 aliphatic rings. The van der Waals surface area contributed by atoms with Crippen LogP contribution < -0.4 is 11.1 Å². The van der Waals surface area contributed by atoms with E-state index < -0.39 is 0 Å². The summed E-state index contributed by atoms with van der Waals surface area (Å²) in [6.07, 6.45) is 4.70. The number of nitrogens with zero attached hydrogens (tertiary/aromatic N) is 1. The lowest BCUT2D eigenvalue weighted by molar-refractivity contribution is 0.0644. The number of amides is 1. The van der Waals surface area contributed by atoms with E-state index in [4.69, 9.17) is 5.73 Å². The summed E-state index contributed by atoms with van der Waals surface area (Å²) < 4.78 is 0. The molecule has 1 aliphatic carbocycles. The van der Waals surface area contributed by atoms with E-state index in [2.05, 4.69) is 33.0 Å². The number of rotatable bonds is 6. The monoisotopic (exact) mass is 331 g/mol. The van der Waals surface area contributed by atoms with Crippen molar-refractivity contribution >= 4 is 11.6 Å². The molecule has 134 valence electrons. The zero-order chi connectivity index (χ0) is 17.7. The van der Waals surface area contributed by atoms with Crippen molar-refractivity contribution in [3.63, 3.8) is 0 Å². The number of hydrogen-bond donors (Lipinski definition) is 2. The van der Waals surface area contributed by atoms with Gasteiger partial charge in [-0.3, -0.25) is 4.79 Å². The third-order valence-electron chi connectivity index (χ3n) is 4.97. The van der Waals surface area contributed by atoms with E-state index in [-0.39, 0.29) is 18.0 Å². The molecule has 24 heavy (non-hydrogen) atoms. The highest BCUT2D eigenvalue weighted by molar-refractivity contribution is 5.94. The van der Waals surface area contributed by atoms with Crippen LogP contribution in [0.1, 0.15) is 63.7 Å². The molecule has 1 aromatic carbocycles. The predicted molar refractivity (Wildman–Crippen MR) is 101 cm³/mol. The zero-order valence-corrected chi connectivity index (χ0v) is 15.6. The number of carbonyl (C=O) groups excluding carboxylic acids is 1. The molecule has 0 unspecified atom stereocenters. The van der Waals surface area contributed by atoms with E-state index in [9.17, 15) is 4.79 Å². The molecular formula is C20H33N3O. The first-order valence-electron chi connectivity index (χ1n) is 9.30. The van der Waals surface area contributed by atoms with Gasteiger partial charge < -0.3 is 16.0 Å². The highest BCUT2D eigenvalue weighted by atomic mass is 16.2. The van der Waals surface area contributed by atoms with Gasteiger partial charge in [0, 0.05) is 35.9 Å². The number of benzene rings is 1. The van der Waals surface area contributed by atoms with E-state index in [0.29, 0.717) is 12.0 Å². The molecular weight excluding hydrogens is 298 g/mol. The van der Waals surface area contributed by atoms with Crippen LogP contribution in [-0.4, -0.2) is 35.5 Å². The van der Waals surface area contributed by atoms with Crippen LogP contribution in [0, 0.1) is 5.92 Å². The molecule has 1 saturated carbocycles. The van der Waals surface area contributed by atoms with Gasteiger partial charge in [0.15, 0.2) is 0 Å². The average molecular weight is 332 g/mol. The second-order valence-corrected chi connectivity index (χ2v) is 7.64. The third kappa shape index (κ3) is 4.97. The highest BCUT2D eigenvalue weighted by Gasteiger charge is 2.21. The Morgan fingerprint density at radius 1 is 1.08 bits per heavy atom. The van der Waals surface area contributed by atoms with Crippen molar-refractivity contribution in [3.05, 3.63) is 29.8 Å². The van der Waals surface area contributed by atoms with Crippen LogP contribution in [0.25, 0.3) is 0 Å². The smallest absolute Gasteiger partial charge is 0.254 e. The van der Waals surface area contributed by atoms with Crippen molar-refractivity contribution in [2.24, 2.45) is 11.7 Å². The summed E-state index contributed by atoms with van der Waals surface area (Å²) in [5, 5.41) is 3.50. The molecule has 2 rings (SSSR count). The molecule has 4 heteroatoms. The molecule has 0 aliphatic heterocycles. The summed E-state index contributed by atoms with van der Waals surface area (Å²) in [6.45, 7) is 9.23. The fourth-order valence-corrected chi connectivity index (χ4v) is 3.60. The summed E-state index contributed by atoms with van der Waals surface area (Å²) in [5.74, 6) is 0.816. The zero-order valence-electron chi connectivity index (χ0n) is 15.6. The minimum atomic E-state index is 0.104. The van der Waals surface area contributed by atoms with Gasteiger partial charge in [0.1, 0.15) is 0 Å². The average Bonchev–Trinajstić information content (AvgIpc) is 2.54. The predicted octanol–water partition coefficient (Wildman–Crippen LogP) is 3.88. The Hall–Kier alpha value is -1.55. The molecule has 1 aromatic rings. The molecule has 0 atom stereocenters. The minimum absolute atomic E-state index is 0.104. The maximum atomic E-state index is 12.7. The number of hydrogen-bond acceptors (Lipinski definition) is 3. The summed E-state index contributed by atoms with van der Waals surface area (Å²) in [5.41, 5.74) is 7.80. The SMILES string of the molecule is CC(C)N(C(=O)c1ccc(NCC2CCC(N)CC2)cc1)C(C)C. The summed E-state index contributed by atoms with van der Waals surface area (Å²) in [7, 11) is 0. The molecule has 0 spiro atoms. The fourth-order valence-electron chi connectivity index (χ4n) is 3.60. The molecule has 3 N–H and O–H groups in total. The standard InChI is InChI=1S/C20H33N3O/c1-14(2)23(15(3)4)20(24)17-7-11-19(12-8-17)22-13-16-5-9-18(21)10-6-16/h7-8,11-12,14-16,18,22H,5-6,9-10,13,21H2,1-4H3. The molecule has 0 bridgehead atoms. The maximum Gasteiger partial charge on any atom is 0.254 e. The summed E-state index contributed by atoms with van der Waals surface area (Å²) in [6, 6.07) is 8.69. The Kier molecular flexibility index (Phi) is 6.67. The minimum Gasteiger partial charge on any atom is -0.385 e. The van der Waals surface area contributed by atoms with Crippen LogP contribution in [0.15, 0.2) is 24.3 Å². The van der Waals surface area contributed by atoms with Gasteiger partial charge in [-0.2, -0.15) is 0 Å². The van der Waals surface area contributed by atoms with Crippen LogP contribution in [0.2, 0.25) is 0 Å². The largest absolute Gasteiger partial charge is 0.385 e. The van der Waals surface area contributed by atoms with Gasteiger partial charge in [0.05, 0.1) is 0 Å².